The van der Waals surface area contributed by atoms with Crippen molar-refractivity contribution in [1.29, 1.82) is 0 Å². The molecule has 1 rings (SSSR count). The minimum Gasteiger partial charge on any atom is -0.423 e. The van der Waals surface area contributed by atoms with Crippen LogP contribution < -0.4 is 4.74 Å². The van der Waals surface area contributed by atoms with Gasteiger partial charge in [-0.2, -0.15) is 8.42 Å². The Balaban J connectivity index is 2.16. The lowest BCUT2D eigenvalue weighted by molar-refractivity contribution is -0.135. The highest BCUT2D eigenvalue weighted by atomic mass is 35.5. The van der Waals surface area contributed by atoms with E-state index in [4.69, 9.17) is 46.9 Å². The lowest BCUT2D eigenvalue weighted by Crippen LogP contribution is -2.15. The molecule has 176 valence electrons. The van der Waals surface area contributed by atoms with Crippen molar-refractivity contribution < 1.29 is 41.4 Å². The fourth-order valence-corrected chi connectivity index (χ4v) is 3.37. The van der Waals surface area contributed by atoms with Crippen LogP contribution in [0.4, 0.5) is 0 Å². The van der Waals surface area contributed by atoms with Gasteiger partial charge in [0, 0.05) is 5.02 Å². The number of carbonyl (C=O) groups is 1. The topological polar surface area (TPSA) is 118 Å². The first kappa shape index (κ1) is 27.8. The van der Waals surface area contributed by atoms with Crippen molar-refractivity contribution in [2.75, 3.05) is 52.9 Å². The van der Waals surface area contributed by atoms with Crippen LogP contribution in [-0.2, 0) is 33.9 Å². The van der Waals surface area contributed by atoms with Crippen molar-refractivity contribution in [3.63, 3.8) is 0 Å². The van der Waals surface area contributed by atoms with Gasteiger partial charge in [0.15, 0.2) is 5.75 Å². The van der Waals surface area contributed by atoms with E-state index in [0.29, 0.717) is 39.6 Å². The van der Waals surface area contributed by atoms with Crippen molar-refractivity contribution in [2.45, 2.75) is 18.2 Å². The van der Waals surface area contributed by atoms with E-state index < -0.39 is 26.7 Å². The zero-order valence-corrected chi connectivity index (χ0v) is 19.4. The lowest BCUT2D eigenvalue weighted by atomic mass is 10.3. The number of hydrogen-bond acceptors (Lipinski definition) is 8. The number of carbonyl (C=O) groups excluding carboxylic acids is 1. The maximum absolute atomic E-state index is 11.9. The van der Waals surface area contributed by atoms with Crippen LogP contribution in [0.1, 0.15) is 13.3 Å². The number of allylic oxidation sites excluding steroid dienone is 1. The zero-order valence-electron chi connectivity index (χ0n) is 17.1. The third kappa shape index (κ3) is 12.4. The Labute approximate surface area is 191 Å². The summed E-state index contributed by atoms with van der Waals surface area (Å²) in [6.07, 6.45) is 3.65. The third-order valence-electron chi connectivity index (χ3n) is 3.48. The molecule has 31 heavy (non-hydrogen) atoms. The molecule has 0 unspecified atom stereocenters. The van der Waals surface area contributed by atoms with E-state index in [-0.39, 0.29) is 29.7 Å². The van der Waals surface area contributed by atoms with Gasteiger partial charge in [-0.05, 0) is 19.1 Å². The second-order valence-corrected chi connectivity index (χ2v) is 8.13. The minimum absolute atomic E-state index is 0.0225. The van der Waals surface area contributed by atoms with Crippen LogP contribution in [-0.4, -0.2) is 71.8 Å². The van der Waals surface area contributed by atoms with Gasteiger partial charge in [-0.1, -0.05) is 35.4 Å². The number of halogens is 2. The van der Waals surface area contributed by atoms with Gasteiger partial charge in [-0.3, -0.25) is 9.35 Å². The molecule has 1 aromatic carbocycles. The highest BCUT2D eigenvalue weighted by molar-refractivity contribution is 7.86. The zero-order chi connectivity index (χ0) is 23.1. The summed E-state index contributed by atoms with van der Waals surface area (Å²) in [5.41, 5.74) is 0. The van der Waals surface area contributed by atoms with E-state index in [9.17, 15) is 17.8 Å². The number of rotatable bonds is 16. The van der Waals surface area contributed by atoms with Gasteiger partial charge in [0.1, 0.15) is 4.90 Å². The van der Waals surface area contributed by atoms with Crippen molar-refractivity contribution in [3.8, 4) is 5.75 Å². The minimum atomic E-state index is -4.69. The SMILES string of the molecule is C/C=C\COCCOCCOCCOCCC(=O)Oc1c(Cl)cc(Cl)cc1S(=O)(=O)O. The molecule has 1 aromatic rings. The summed E-state index contributed by atoms with van der Waals surface area (Å²) in [4.78, 5) is 11.2. The van der Waals surface area contributed by atoms with E-state index in [2.05, 4.69) is 0 Å². The van der Waals surface area contributed by atoms with Gasteiger partial charge >= 0.3 is 5.97 Å². The van der Waals surface area contributed by atoms with E-state index in [1.807, 2.05) is 19.1 Å². The van der Waals surface area contributed by atoms with Crippen LogP contribution in [0.3, 0.4) is 0 Å². The van der Waals surface area contributed by atoms with Gasteiger partial charge in [-0.15, -0.1) is 0 Å². The number of benzene rings is 1. The second kappa shape index (κ2) is 15.5. The Hall–Kier alpha value is -1.24. The summed E-state index contributed by atoms with van der Waals surface area (Å²) >= 11 is 11.6. The molecular formula is C19H26Cl2O9S. The molecule has 0 bridgehead atoms. The fourth-order valence-electron chi connectivity index (χ4n) is 2.06. The Morgan fingerprint density at radius 1 is 0.968 bits per heavy atom. The Morgan fingerprint density at radius 3 is 2.06 bits per heavy atom. The molecule has 9 nitrogen and oxygen atoms in total. The standard InChI is InChI=1S/C19H26Cl2O9S/c1-2-3-5-26-7-9-28-11-12-29-10-8-27-6-4-18(22)30-19-16(21)13-15(20)14-17(19)31(23,24)25/h2-3,13-14H,4-12H2,1H3,(H,23,24,25)/b3-2-. The summed E-state index contributed by atoms with van der Waals surface area (Å²) in [7, 11) is -4.69. The Kier molecular flexibility index (Phi) is 13.9. The molecule has 0 aliphatic rings. The molecule has 0 aliphatic carbocycles. The summed E-state index contributed by atoms with van der Waals surface area (Å²) < 4.78 is 58.2. The van der Waals surface area contributed by atoms with E-state index in [1.165, 1.54) is 6.07 Å². The number of esters is 1. The molecule has 0 radical (unpaired) electrons. The largest absolute Gasteiger partial charge is 0.423 e. The predicted molar refractivity (Wildman–Crippen MR) is 115 cm³/mol. The highest BCUT2D eigenvalue weighted by Gasteiger charge is 2.23. The highest BCUT2D eigenvalue weighted by Crippen LogP contribution is 2.35. The predicted octanol–water partition coefficient (Wildman–Crippen LogP) is 3.18. The quantitative estimate of drug-likeness (QED) is 0.120. The average molecular weight is 501 g/mol. The normalized spacial score (nSPS) is 11.9. The van der Waals surface area contributed by atoms with Crippen LogP contribution in [0.25, 0.3) is 0 Å². The van der Waals surface area contributed by atoms with Crippen LogP contribution in [0, 0.1) is 0 Å². The first-order chi connectivity index (χ1) is 14.8. The summed E-state index contributed by atoms with van der Waals surface area (Å²) in [5, 5.41) is -0.265. The van der Waals surface area contributed by atoms with Crippen molar-refractivity contribution in [1.82, 2.24) is 0 Å². The van der Waals surface area contributed by atoms with Crippen molar-refractivity contribution in [2.24, 2.45) is 0 Å². The van der Waals surface area contributed by atoms with Crippen LogP contribution in [0.5, 0.6) is 5.75 Å². The molecule has 0 spiro atoms. The molecule has 0 amide bonds. The van der Waals surface area contributed by atoms with Crippen LogP contribution in [0.15, 0.2) is 29.2 Å². The average Bonchev–Trinajstić information content (AvgIpc) is 2.69. The first-order valence-electron chi connectivity index (χ1n) is 9.35. The van der Waals surface area contributed by atoms with Crippen molar-refractivity contribution in [3.05, 3.63) is 34.3 Å². The smallest absolute Gasteiger partial charge is 0.313 e. The van der Waals surface area contributed by atoms with E-state index >= 15 is 0 Å². The Bertz CT molecular complexity index is 813. The monoisotopic (exact) mass is 500 g/mol. The first-order valence-corrected chi connectivity index (χ1v) is 11.5. The van der Waals surface area contributed by atoms with Gasteiger partial charge in [0.25, 0.3) is 10.1 Å². The van der Waals surface area contributed by atoms with Gasteiger partial charge in [0.2, 0.25) is 0 Å². The van der Waals surface area contributed by atoms with Gasteiger partial charge < -0.3 is 23.7 Å². The molecule has 1 N–H and O–H groups in total. The van der Waals surface area contributed by atoms with Gasteiger partial charge in [-0.25, -0.2) is 0 Å². The van der Waals surface area contributed by atoms with Crippen molar-refractivity contribution >= 4 is 39.3 Å². The molecule has 0 saturated heterocycles. The molecular weight excluding hydrogens is 475 g/mol. The van der Waals surface area contributed by atoms with E-state index in [1.54, 1.807) is 0 Å². The summed E-state index contributed by atoms with van der Waals surface area (Å²) in [5.74, 6) is -1.28. The molecule has 0 fully saturated rings. The van der Waals surface area contributed by atoms with Crippen LogP contribution in [0.2, 0.25) is 10.0 Å². The summed E-state index contributed by atoms with van der Waals surface area (Å²) in [6, 6.07) is 2.12. The number of ether oxygens (including phenoxy) is 5. The molecule has 12 heteroatoms. The van der Waals surface area contributed by atoms with Gasteiger partial charge in [0.05, 0.1) is 64.3 Å². The Morgan fingerprint density at radius 2 is 1.52 bits per heavy atom. The molecule has 0 heterocycles. The maximum Gasteiger partial charge on any atom is 0.313 e. The second-order valence-electron chi connectivity index (χ2n) is 5.90. The fraction of sp³-hybridized carbons (Fsp3) is 0.526. The molecule has 0 aliphatic heterocycles. The molecule has 0 atom stereocenters. The number of hydrogen-bond donors (Lipinski definition) is 1. The lowest BCUT2D eigenvalue weighted by Gasteiger charge is -2.11. The van der Waals surface area contributed by atoms with Crippen LogP contribution >= 0.6 is 23.2 Å². The summed E-state index contributed by atoms with van der Waals surface area (Å²) in [6.45, 7) is 4.89. The molecule has 0 aromatic heterocycles. The maximum atomic E-state index is 11.9. The van der Waals surface area contributed by atoms with E-state index in [0.717, 1.165) is 6.07 Å². The third-order valence-corrected chi connectivity index (χ3v) is 4.84. The molecule has 0 saturated carbocycles.